The molecule has 0 aliphatic heterocycles. The fourth-order valence-electron chi connectivity index (χ4n) is 1.10. The van der Waals surface area contributed by atoms with Crippen molar-refractivity contribution in [1.29, 1.82) is 0 Å². The lowest BCUT2D eigenvalue weighted by atomic mass is 10.0. The summed E-state index contributed by atoms with van der Waals surface area (Å²) in [5.74, 6) is -1.14. The number of carboxylic acid groups (broad SMARTS) is 1. The van der Waals surface area contributed by atoms with Crippen molar-refractivity contribution in [3.63, 3.8) is 0 Å². The first kappa shape index (κ1) is 13.9. The van der Waals surface area contributed by atoms with E-state index in [2.05, 4.69) is 5.32 Å². The largest absolute Gasteiger partial charge is 0.480 e. The molecule has 5 heteroatoms. The summed E-state index contributed by atoms with van der Waals surface area (Å²) in [6, 6.07) is -0.980. The van der Waals surface area contributed by atoms with Gasteiger partial charge < -0.3 is 15.5 Å². The van der Waals surface area contributed by atoms with Crippen LogP contribution in [0.15, 0.2) is 0 Å². The summed E-state index contributed by atoms with van der Waals surface area (Å²) in [7, 11) is 0. The Morgan fingerprint density at radius 2 is 2.00 bits per heavy atom. The Kier molecular flexibility index (Phi) is 6.70. The van der Waals surface area contributed by atoms with E-state index in [0.717, 1.165) is 6.42 Å². The van der Waals surface area contributed by atoms with Gasteiger partial charge in [0.2, 0.25) is 5.91 Å². The molecule has 1 unspecified atom stereocenters. The van der Waals surface area contributed by atoms with Crippen LogP contribution in [0.5, 0.6) is 0 Å². The van der Waals surface area contributed by atoms with E-state index >= 15 is 0 Å². The van der Waals surface area contributed by atoms with Gasteiger partial charge in [-0.3, -0.25) is 4.79 Å². The summed E-state index contributed by atoms with van der Waals surface area (Å²) in [5, 5.41) is 19.7. The van der Waals surface area contributed by atoms with Gasteiger partial charge in [-0.05, 0) is 5.92 Å². The Balaban J connectivity index is 4.05. The van der Waals surface area contributed by atoms with E-state index in [4.69, 9.17) is 10.2 Å². The van der Waals surface area contributed by atoms with E-state index in [1.165, 1.54) is 0 Å². The highest BCUT2D eigenvalue weighted by Crippen LogP contribution is 2.06. The van der Waals surface area contributed by atoms with Crippen LogP contribution in [0.1, 0.15) is 33.1 Å². The van der Waals surface area contributed by atoms with Crippen LogP contribution in [0.3, 0.4) is 0 Å². The lowest BCUT2D eigenvalue weighted by Gasteiger charge is -2.14. The van der Waals surface area contributed by atoms with Crippen molar-refractivity contribution in [3.05, 3.63) is 0 Å². The number of amides is 1. The van der Waals surface area contributed by atoms with Gasteiger partial charge in [-0.1, -0.05) is 20.3 Å². The Morgan fingerprint density at radius 1 is 1.40 bits per heavy atom. The Hall–Kier alpha value is -1.10. The van der Waals surface area contributed by atoms with Crippen LogP contribution < -0.4 is 5.32 Å². The quantitative estimate of drug-likeness (QED) is 0.575. The third kappa shape index (κ3) is 6.06. The third-order valence-corrected chi connectivity index (χ3v) is 2.28. The van der Waals surface area contributed by atoms with E-state index in [0.29, 0.717) is 6.42 Å². The average Bonchev–Trinajstić information content (AvgIpc) is 2.16. The van der Waals surface area contributed by atoms with Gasteiger partial charge in [-0.15, -0.1) is 0 Å². The fraction of sp³-hybridized carbons (Fsp3) is 0.800. The van der Waals surface area contributed by atoms with Crippen molar-refractivity contribution >= 4 is 11.9 Å². The maximum Gasteiger partial charge on any atom is 0.326 e. The molecule has 0 fully saturated rings. The Labute approximate surface area is 89.5 Å². The highest BCUT2D eigenvalue weighted by Gasteiger charge is 2.19. The van der Waals surface area contributed by atoms with Gasteiger partial charge in [-0.2, -0.15) is 0 Å². The fourth-order valence-corrected chi connectivity index (χ4v) is 1.10. The van der Waals surface area contributed by atoms with Crippen LogP contribution in [0.25, 0.3) is 0 Å². The zero-order valence-corrected chi connectivity index (χ0v) is 9.19. The summed E-state index contributed by atoms with van der Waals surface area (Å²) in [4.78, 5) is 22.0. The summed E-state index contributed by atoms with van der Waals surface area (Å²) >= 11 is 0. The number of carboxylic acids is 1. The van der Waals surface area contributed by atoms with Crippen LogP contribution in [-0.4, -0.2) is 34.7 Å². The first-order chi connectivity index (χ1) is 7.01. The molecule has 0 aliphatic rings. The van der Waals surface area contributed by atoms with Crippen molar-refractivity contribution < 1.29 is 19.8 Å². The Morgan fingerprint density at radius 3 is 2.40 bits per heavy atom. The highest BCUT2D eigenvalue weighted by molar-refractivity contribution is 5.83. The van der Waals surface area contributed by atoms with Gasteiger partial charge in [-0.25, -0.2) is 4.79 Å². The number of aliphatic hydroxyl groups is 1. The van der Waals surface area contributed by atoms with Crippen molar-refractivity contribution in [2.24, 2.45) is 5.92 Å². The SMILES string of the molecule is CCC(C)CC(=O)N[C@@H](CCO)C(=O)O. The third-order valence-electron chi connectivity index (χ3n) is 2.28. The monoisotopic (exact) mass is 217 g/mol. The second-order valence-electron chi connectivity index (χ2n) is 3.69. The van der Waals surface area contributed by atoms with Crippen LogP contribution >= 0.6 is 0 Å². The topological polar surface area (TPSA) is 86.6 Å². The molecule has 0 spiro atoms. The van der Waals surface area contributed by atoms with Crippen LogP contribution in [-0.2, 0) is 9.59 Å². The van der Waals surface area contributed by atoms with E-state index < -0.39 is 12.0 Å². The number of rotatable bonds is 7. The molecule has 0 aliphatic carbocycles. The maximum atomic E-state index is 11.3. The molecule has 0 saturated heterocycles. The summed E-state index contributed by atoms with van der Waals surface area (Å²) < 4.78 is 0. The van der Waals surface area contributed by atoms with Gasteiger partial charge in [0, 0.05) is 19.4 Å². The van der Waals surface area contributed by atoms with Crippen molar-refractivity contribution in [2.45, 2.75) is 39.2 Å². The van der Waals surface area contributed by atoms with Crippen LogP contribution in [0.2, 0.25) is 0 Å². The molecule has 0 heterocycles. The zero-order valence-electron chi connectivity index (χ0n) is 9.19. The van der Waals surface area contributed by atoms with E-state index in [1.54, 1.807) is 0 Å². The highest BCUT2D eigenvalue weighted by atomic mass is 16.4. The van der Waals surface area contributed by atoms with Gasteiger partial charge in [0.05, 0.1) is 0 Å². The van der Waals surface area contributed by atoms with Gasteiger partial charge >= 0.3 is 5.97 Å². The lowest BCUT2D eigenvalue weighted by molar-refractivity contribution is -0.142. The van der Waals surface area contributed by atoms with Gasteiger partial charge in [0.15, 0.2) is 0 Å². The molecule has 2 atom stereocenters. The number of hydrogen-bond donors (Lipinski definition) is 3. The molecule has 3 N–H and O–H groups in total. The molecule has 15 heavy (non-hydrogen) atoms. The number of hydrogen-bond acceptors (Lipinski definition) is 3. The first-order valence-corrected chi connectivity index (χ1v) is 5.14. The average molecular weight is 217 g/mol. The molecule has 0 saturated carbocycles. The molecule has 0 rings (SSSR count). The minimum atomic E-state index is -1.11. The molecule has 88 valence electrons. The zero-order chi connectivity index (χ0) is 11.8. The number of carbonyl (C=O) groups is 2. The van der Waals surface area contributed by atoms with E-state index in [9.17, 15) is 9.59 Å². The number of aliphatic hydroxyl groups excluding tert-OH is 1. The first-order valence-electron chi connectivity index (χ1n) is 5.14. The molecule has 1 amide bonds. The number of carbonyl (C=O) groups excluding carboxylic acids is 1. The number of nitrogens with one attached hydrogen (secondary N) is 1. The van der Waals surface area contributed by atoms with E-state index in [1.807, 2.05) is 13.8 Å². The normalized spacial score (nSPS) is 14.3. The minimum absolute atomic E-state index is 0.0432. The predicted octanol–water partition coefficient (Wildman–Crippen LogP) is 0.374. The molecule has 0 aromatic rings. The molecular weight excluding hydrogens is 198 g/mol. The summed E-state index contributed by atoms with van der Waals surface area (Å²) in [6.07, 6.45) is 1.25. The van der Waals surface area contributed by atoms with Crippen molar-refractivity contribution in [1.82, 2.24) is 5.32 Å². The van der Waals surface area contributed by atoms with Gasteiger partial charge in [0.25, 0.3) is 0 Å². The van der Waals surface area contributed by atoms with Gasteiger partial charge in [0.1, 0.15) is 6.04 Å². The maximum absolute atomic E-state index is 11.3. The van der Waals surface area contributed by atoms with Crippen molar-refractivity contribution in [3.8, 4) is 0 Å². The van der Waals surface area contributed by atoms with Crippen LogP contribution in [0.4, 0.5) is 0 Å². The lowest BCUT2D eigenvalue weighted by Crippen LogP contribution is -2.41. The van der Waals surface area contributed by atoms with Crippen molar-refractivity contribution in [2.75, 3.05) is 6.61 Å². The minimum Gasteiger partial charge on any atom is -0.480 e. The van der Waals surface area contributed by atoms with E-state index in [-0.39, 0.29) is 24.9 Å². The smallest absolute Gasteiger partial charge is 0.326 e. The summed E-state index contributed by atoms with van der Waals surface area (Å²) in [6.45, 7) is 3.66. The molecule has 5 nitrogen and oxygen atoms in total. The second-order valence-corrected chi connectivity index (χ2v) is 3.69. The van der Waals surface area contributed by atoms with Crippen LogP contribution in [0, 0.1) is 5.92 Å². The molecule has 0 bridgehead atoms. The molecule has 0 radical (unpaired) electrons. The molecule has 0 aromatic heterocycles. The summed E-state index contributed by atoms with van der Waals surface area (Å²) in [5.41, 5.74) is 0. The standard InChI is InChI=1S/C10H19NO4/c1-3-7(2)6-9(13)11-8(4-5-12)10(14)15/h7-8,12H,3-6H2,1-2H3,(H,11,13)(H,14,15)/t7?,8-/m0/s1. The molecular formula is C10H19NO4. The number of aliphatic carboxylic acids is 1. The second kappa shape index (κ2) is 7.23. The Bertz CT molecular complexity index is 217. The molecule has 0 aromatic carbocycles. The predicted molar refractivity (Wildman–Crippen MR) is 55.3 cm³/mol.